The zero-order valence-electron chi connectivity index (χ0n) is 18.2. The van der Waals surface area contributed by atoms with Crippen LogP contribution in [-0.2, 0) is 11.4 Å². The second-order valence-electron chi connectivity index (χ2n) is 8.50. The number of carbonyl (C=O) groups is 1. The number of anilines is 4. The van der Waals surface area contributed by atoms with Crippen molar-refractivity contribution >= 4 is 29.0 Å². The van der Waals surface area contributed by atoms with Gasteiger partial charge in [-0.2, -0.15) is 4.98 Å². The lowest BCUT2D eigenvalue weighted by Crippen LogP contribution is -2.44. The molecular formula is C22H30FN7O2. The summed E-state index contributed by atoms with van der Waals surface area (Å²) in [4.78, 5) is 24.5. The van der Waals surface area contributed by atoms with E-state index in [4.69, 9.17) is 5.73 Å². The Morgan fingerprint density at radius 3 is 2.78 bits per heavy atom. The molecule has 2 aromatic rings. The number of hydrogen-bond acceptors (Lipinski definition) is 8. The van der Waals surface area contributed by atoms with Gasteiger partial charge in [0.15, 0.2) is 11.6 Å². The normalized spacial score (nSPS) is 21.5. The van der Waals surface area contributed by atoms with E-state index < -0.39 is 5.82 Å². The molecule has 1 saturated carbocycles. The number of nitrogens with two attached hydrogens (primary N) is 1. The summed E-state index contributed by atoms with van der Waals surface area (Å²) in [5.74, 6) is -1.05. The molecular weight excluding hydrogens is 413 g/mol. The maximum atomic E-state index is 14.3. The number of nitrogens with zero attached hydrogens (tertiary/aromatic N) is 4. The Bertz CT molecular complexity index is 965. The molecule has 5 N–H and O–H groups in total. The van der Waals surface area contributed by atoms with Gasteiger partial charge < -0.3 is 31.3 Å². The van der Waals surface area contributed by atoms with E-state index in [-0.39, 0.29) is 36.2 Å². The first kappa shape index (κ1) is 22.2. The number of halogens is 1. The Labute approximate surface area is 186 Å². The Morgan fingerprint density at radius 1 is 1.28 bits per heavy atom. The van der Waals surface area contributed by atoms with Crippen LogP contribution in [0.25, 0.3) is 0 Å². The van der Waals surface area contributed by atoms with Gasteiger partial charge in [-0.05, 0) is 38.1 Å². The highest BCUT2D eigenvalue weighted by atomic mass is 19.1. The molecule has 0 radical (unpaired) electrons. The number of aliphatic hydroxyl groups is 1. The fraction of sp³-hybridized carbons (Fsp3) is 0.500. The fourth-order valence-electron chi connectivity index (χ4n) is 4.45. The largest absolute Gasteiger partial charge is 0.392 e. The number of hydrogen-bond donors (Lipinski definition) is 4. The summed E-state index contributed by atoms with van der Waals surface area (Å²) < 4.78 is 14.3. The third-order valence-electron chi connectivity index (χ3n) is 6.30. The molecule has 2 atom stereocenters. The van der Waals surface area contributed by atoms with Crippen LogP contribution in [0.5, 0.6) is 0 Å². The average Bonchev–Trinajstić information content (AvgIpc) is 3.25. The van der Waals surface area contributed by atoms with Crippen molar-refractivity contribution in [2.45, 2.75) is 31.9 Å². The summed E-state index contributed by atoms with van der Waals surface area (Å²) in [7, 11) is 2.10. The zero-order chi connectivity index (χ0) is 22.7. The molecule has 4 rings (SSSR count). The molecule has 1 amide bonds. The minimum absolute atomic E-state index is 0.0390. The molecule has 32 heavy (non-hydrogen) atoms. The predicted octanol–water partition coefficient (Wildman–Crippen LogP) is 1.67. The predicted molar refractivity (Wildman–Crippen MR) is 121 cm³/mol. The van der Waals surface area contributed by atoms with Crippen molar-refractivity contribution in [3.63, 3.8) is 0 Å². The molecule has 0 bridgehead atoms. The molecule has 2 heterocycles. The number of piperazine rings is 1. The number of nitrogens with one attached hydrogen (secondary N) is 2. The van der Waals surface area contributed by atoms with E-state index >= 15 is 0 Å². The standard InChI is InChI=1S/C22H30FN7O2/c1-29-7-9-30(10-8-29)19-6-5-15(11-14(19)13-31)26-22-25-12-17(23)21(28-22)27-18-4-2-3-16(18)20(24)32/h5-6,11-12,16,18,31H,2-4,7-10,13H2,1H3,(H2,24,32)(H2,25,26,27,28). The monoisotopic (exact) mass is 443 g/mol. The van der Waals surface area contributed by atoms with E-state index in [2.05, 4.69) is 37.4 Å². The Hall–Kier alpha value is -2.98. The Balaban J connectivity index is 1.49. The highest BCUT2D eigenvalue weighted by Gasteiger charge is 2.32. The first-order chi connectivity index (χ1) is 15.4. The molecule has 1 aliphatic carbocycles. The first-order valence-corrected chi connectivity index (χ1v) is 11.0. The molecule has 1 aliphatic heterocycles. The third-order valence-corrected chi connectivity index (χ3v) is 6.30. The van der Waals surface area contributed by atoms with E-state index in [1.54, 1.807) is 0 Å². The maximum absolute atomic E-state index is 14.3. The van der Waals surface area contributed by atoms with Crippen LogP contribution in [0.3, 0.4) is 0 Å². The van der Waals surface area contributed by atoms with Gasteiger partial charge in [-0.15, -0.1) is 0 Å². The Morgan fingerprint density at radius 2 is 2.06 bits per heavy atom. The maximum Gasteiger partial charge on any atom is 0.229 e. The van der Waals surface area contributed by atoms with Gasteiger partial charge in [0.25, 0.3) is 0 Å². The van der Waals surface area contributed by atoms with Crippen molar-refractivity contribution in [3.8, 4) is 0 Å². The summed E-state index contributed by atoms with van der Waals surface area (Å²) in [6, 6.07) is 5.48. The molecule has 2 aliphatic rings. The molecule has 2 fully saturated rings. The van der Waals surface area contributed by atoms with Crippen LogP contribution < -0.4 is 21.3 Å². The molecule has 0 spiro atoms. The number of likely N-dealkylation sites (N-methyl/N-ethyl adjacent to an activating group) is 1. The first-order valence-electron chi connectivity index (χ1n) is 11.0. The molecule has 10 heteroatoms. The summed E-state index contributed by atoms with van der Waals surface area (Å²) in [5.41, 5.74) is 7.97. The minimum atomic E-state index is -0.591. The zero-order valence-corrected chi connectivity index (χ0v) is 18.2. The number of benzene rings is 1. The summed E-state index contributed by atoms with van der Waals surface area (Å²) in [6.07, 6.45) is 3.37. The number of rotatable bonds is 7. The van der Waals surface area contributed by atoms with Crippen molar-refractivity contribution in [1.29, 1.82) is 0 Å². The Kier molecular flexibility index (Phi) is 6.71. The van der Waals surface area contributed by atoms with Crippen molar-refractivity contribution in [2.75, 3.05) is 48.8 Å². The van der Waals surface area contributed by atoms with Crippen LogP contribution in [0.15, 0.2) is 24.4 Å². The van der Waals surface area contributed by atoms with Gasteiger partial charge in [-0.1, -0.05) is 6.42 Å². The minimum Gasteiger partial charge on any atom is -0.392 e. The van der Waals surface area contributed by atoms with E-state index in [1.807, 2.05) is 18.2 Å². The summed E-state index contributed by atoms with van der Waals surface area (Å²) in [5, 5.41) is 16.0. The number of primary amides is 1. The number of aliphatic hydroxyl groups excluding tert-OH is 1. The van der Waals surface area contributed by atoms with Gasteiger partial charge in [-0.25, -0.2) is 9.37 Å². The van der Waals surface area contributed by atoms with Crippen LogP contribution in [-0.4, -0.2) is 65.2 Å². The highest BCUT2D eigenvalue weighted by Crippen LogP contribution is 2.30. The van der Waals surface area contributed by atoms with Gasteiger partial charge in [0.2, 0.25) is 11.9 Å². The van der Waals surface area contributed by atoms with Crippen molar-refractivity contribution in [2.24, 2.45) is 11.7 Å². The second-order valence-corrected chi connectivity index (χ2v) is 8.50. The van der Waals surface area contributed by atoms with E-state index in [0.717, 1.165) is 56.5 Å². The topological polar surface area (TPSA) is 120 Å². The molecule has 1 aromatic heterocycles. The number of amides is 1. The molecule has 2 unspecified atom stereocenters. The van der Waals surface area contributed by atoms with Crippen LogP contribution in [0.2, 0.25) is 0 Å². The highest BCUT2D eigenvalue weighted by molar-refractivity contribution is 5.78. The number of aromatic nitrogens is 2. The van der Waals surface area contributed by atoms with Crippen molar-refractivity contribution < 1.29 is 14.3 Å². The van der Waals surface area contributed by atoms with Gasteiger partial charge in [0, 0.05) is 49.2 Å². The third kappa shape index (κ3) is 4.91. The molecule has 9 nitrogen and oxygen atoms in total. The van der Waals surface area contributed by atoms with Crippen LogP contribution in [0.4, 0.5) is 27.5 Å². The SMILES string of the molecule is CN1CCN(c2ccc(Nc3ncc(F)c(NC4CCCC4C(N)=O)n3)cc2CO)CC1. The van der Waals surface area contributed by atoms with Crippen molar-refractivity contribution in [1.82, 2.24) is 14.9 Å². The molecule has 1 aromatic carbocycles. The summed E-state index contributed by atoms with van der Waals surface area (Å²) >= 11 is 0. The fourth-order valence-corrected chi connectivity index (χ4v) is 4.45. The van der Waals surface area contributed by atoms with Gasteiger partial charge >= 0.3 is 0 Å². The summed E-state index contributed by atoms with van der Waals surface area (Å²) in [6.45, 7) is 3.66. The van der Waals surface area contributed by atoms with E-state index in [0.29, 0.717) is 12.1 Å². The smallest absolute Gasteiger partial charge is 0.229 e. The number of carbonyl (C=O) groups excluding carboxylic acids is 1. The van der Waals surface area contributed by atoms with Gasteiger partial charge in [-0.3, -0.25) is 4.79 Å². The lowest BCUT2D eigenvalue weighted by atomic mass is 10.0. The molecule has 172 valence electrons. The van der Waals surface area contributed by atoms with Crippen LogP contribution in [0.1, 0.15) is 24.8 Å². The van der Waals surface area contributed by atoms with Gasteiger partial charge in [0.1, 0.15) is 0 Å². The average molecular weight is 444 g/mol. The lowest BCUT2D eigenvalue weighted by molar-refractivity contribution is -0.121. The van der Waals surface area contributed by atoms with Crippen LogP contribution in [0, 0.1) is 11.7 Å². The van der Waals surface area contributed by atoms with Gasteiger partial charge in [0.05, 0.1) is 18.7 Å². The lowest BCUT2D eigenvalue weighted by Gasteiger charge is -2.35. The van der Waals surface area contributed by atoms with Crippen molar-refractivity contribution in [3.05, 3.63) is 35.8 Å². The van der Waals surface area contributed by atoms with E-state index in [1.165, 1.54) is 0 Å². The quantitative estimate of drug-likeness (QED) is 0.510. The molecule has 1 saturated heterocycles. The van der Waals surface area contributed by atoms with E-state index in [9.17, 15) is 14.3 Å². The van der Waals surface area contributed by atoms with Crippen LogP contribution >= 0.6 is 0 Å². The second kappa shape index (κ2) is 9.66.